The van der Waals surface area contributed by atoms with Crippen LogP contribution in [0.4, 0.5) is 10.1 Å². The largest absolute Gasteiger partial charge is 0.465 e. The molecule has 1 aromatic rings. The van der Waals surface area contributed by atoms with Gasteiger partial charge in [0.05, 0.1) is 18.4 Å². The summed E-state index contributed by atoms with van der Waals surface area (Å²) in [6.45, 7) is 1.72. The van der Waals surface area contributed by atoms with Gasteiger partial charge in [-0.25, -0.2) is 9.18 Å². The Morgan fingerprint density at radius 2 is 2.15 bits per heavy atom. The molecule has 0 saturated heterocycles. The minimum atomic E-state index is -0.725. The van der Waals surface area contributed by atoms with Gasteiger partial charge in [0.15, 0.2) is 5.82 Å². The molecule has 4 heteroatoms. The second kappa shape index (κ2) is 3.43. The first-order chi connectivity index (χ1) is 6.06. The molecule has 0 radical (unpaired) electrons. The minimum Gasteiger partial charge on any atom is -0.465 e. The molecular weight excluding hydrogens is 173 g/mol. The van der Waals surface area contributed by atoms with Crippen LogP contribution in [-0.4, -0.2) is 13.1 Å². The summed E-state index contributed by atoms with van der Waals surface area (Å²) in [6, 6.07) is 2.86. The summed E-state index contributed by atoms with van der Waals surface area (Å²) in [5, 5.41) is 0. The second-order valence-electron chi connectivity index (χ2n) is 2.71. The Balaban J connectivity index is 3.28. The van der Waals surface area contributed by atoms with E-state index in [2.05, 4.69) is 4.74 Å². The van der Waals surface area contributed by atoms with Crippen molar-refractivity contribution in [2.24, 2.45) is 0 Å². The maximum Gasteiger partial charge on any atom is 0.340 e. The lowest BCUT2D eigenvalue weighted by Crippen LogP contribution is -2.07. The molecule has 0 fully saturated rings. The number of aryl methyl sites for hydroxylation is 1. The Bertz CT molecular complexity index is 350. The number of methoxy groups -OCH3 is 1. The highest BCUT2D eigenvalue weighted by Gasteiger charge is 2.14. The first-order valence-corrected chi connectivity index (χ1v) is 3.70. The van der Waals surface area contributed by atoms with Gasteiger partial charge in [0.1, 0.15) is 0 Å². The van der Waals surface area contributed by atoms with Crippen LogP contribution in [0.2, 0.25) is 0 Å². The summed E-state index contributed by atoms with van der Waals surface area (Å²) in [5.74, 6) is -1.44. The van der Waals surface area contributed by atoms with Crippen LogP contribution in [0.25, 0.3) is 0 Å². The molecule has 3 nitrogen and oxygen atoms in total. The van der Waals surface area contributed by atoms with Crippen LogP contribution < -0.4 is 5.73 Å². The molecule has 0 atom stereocenters. The highest BCUT2D eigenvalue weighted by molar-refractivity contribution is 5.91. The van der Waals surface area contributed by atoms with Gasteiger partial charge < -0.3 is 10.5 Å². The molecule has 13 heavy (non-hydrogen) atoms. The summed E-state index contributed by atoms with van der Waals surface area (Å²) >= 11 is 0. The summed E-state index contributed by atoms with van der Waals surface area (Å²) in [5.41, 5.74) is 5.89. The molecule has 1 rings (SSSR count). The Morgan fingerprint density at radius 1 is 1.54 bits per heavy atom. The fraction of sp³-hybridized carbons (Fsp3) is 0.222. The van der Waals surface area contributed by atoms with Crippen LogP contribution in [0.3, 0.4) is 0 Å². The van der Waals surface area contributed by atoms with Crippen molar-refractivity contribution in [3.8, 4) is 0 Å². The van der Waals surface area contributed by atoms with E-state index in [-0.39, 0.29) is 11.3 Å². The molecule has 0 aliphatic rings. The highest BCUT2D eigenvalue weighted by atomic mass is 19.1. The average Bonchev–Trinajstić information content (AvgIpc) is 2.10. The molecule has 0 spiro atoms. The lowest BCUT2D eigenvalue weighted by atomic mass is 10.1. The topological polar surface area (TPSA) is 52.3 Å². The van der Waals surface area contributed by atoms with Crippen LogP contribution in [0.15, 0.2) is 12.1 Å². The number of nitrogens with two attached hydrogens (primary N) is 1. The van der Waals surface area contributed by atoms with Crippen molar-refractivity contribution in [1.29, 1.82) is 0 Å². The van der Waals surface area contributed by atoms with E-state index in [0.29, 0.717) is 0 Å². The van der Waals surface area contributed by atoms with Crippen LogP contribution in [-0.2, 0) is 4.74 Å². The van der Waals surface area contributed by atoms with E-state index in [1.807, 2.05) is 0 Å². The van der Waals surface area contributed by atoms with Crippen molar-refractivity contribution in [2.45, 2.75) is 6.92 Å². The van der Waals surface area contributed by atoms with E-state index in [9.17, 15) is 9.18 Å². The molecule has 1 aromatic carbocycles. The minimum absolute atomic E-state index is 0.0413. The number of carbonyl (C=O) groups is 1. The van der Waals surface area contributed by atoms with Gasteiger partial charge in [-0.05, 0) is 24.6 Å². The average molecular weight is 183 g/mol. The molecule has 0 aromatic heterocycles. The summed E-state index contributed by atoms with van der Waals surface area (Å²) in [6.07, 6.45) is 0. The van der Waals surface area contributed by atoms with E-state index in [4.69, 9.17) is 5.73 Å². The van der Waals surface area contributed by atoms with Gasteiger partial charge in [-0.3, -0.25) is 0 Å². The number of esters is 1. The van der Waals surface area contributed by atoms with Crippen molar-refractivity contribution in [2.75, 3.05) is 12.8 Å². The van der Waals surface area contributed by atoms with E-state index >= 15 is 0 Å². The first kappa shape index (κ1) is 9.51. The predicted octanol–water partition coefficient (Wildman–Crippen LogP) is 1.50. The molecule has 0 amide bonds. The van der Waals surface area contributed by atoms with Gasteiger partial charge >= 0.3 is 5.97 Å². The fourth-order valence-electron chi connectivity index (χ4n) is 1.06. The molecule has 0 aliphatic heterocycles. The molecule has 0 bridgehead atoms. The van der Waals surface area contributed by atoms with Gasteiger partial charge in [-0.2, -0.15) is 0 Å². The highest BCUT2D eigenvalue weighted by Crippen LogP contribution is 2.18. The van der Waals surface area contributed by atoms with Crippen LogP contribution >= 0.6 is 0 Å². The normalized spacial score (nSPS) is 9.77. The third-order valence-corrected chi connectivity index (χ3v) is 1.65. The van der Waals surface area contributed by atoms with Crippen molar-refractivity contribution in [3.05, 3.63) is 29.1 Å². The number of hydrogen-bond donors (Lipinski definition) is 1. The smallest absolute Gasteiger partial charge is 0.340 e. The Hall–Kier alpha value is -1.58. The van der Waals surface area contributed by atoms with Crippen LogP contribution in [0.5, 0.6) is 0 Å². The third kappa shape index (κ3) is 1.77. The number of rotatable bonds is 1. The van der Waals surface area contributed by atoms with E-state index < -0.39 is 11.8 Å². The quantitative estimate of drug-likeness (QED) is 0.530. The zero-order valence-electron chi connectivity index (χ0n) is 7.43. The van der Waals surface area contributed by atoms with Crippen molar-refractivity contribution < 1.29 is 13.9 Å². The van der Waals surface area contributed by atoms with Crippen molar-refractivity contribution in [1.82, 2.24) is 0 Å². The monoisotopic (exact) mass is 183 g/mol. The number of hydrogen-bond acceptors (Lipinski definition) is 3. The lowest BCUT2D eigenvalue weighted by Gasteiger charge is -2.04. The number of ether oxygens (including phenoxy) is 1. The third-order valence-electron chi connectivity index (χ3n) is 1.65. The first-order valence-electron chi connectivity index (χ1n) is 3.70. The fourth-order valence-corrected chi connectivity index (χ4v) is 1.06. The van der Waals surface area contributed by atoms with Gasteiger partial charge in [0.2, 0.25) is 0 Å². The number of anilines is 1. The van der Waals surface area contributed by atoms with E-state index in [1.54, 1.807) is 6.92 Å². The molecule has 0 unspecified atom stereocenters. The van der Waals surface area contributed by atoms with Crippen LogP contribution in [0.1, 0.15) is 15.9 Å². The standard InChI is InChI=1S/C9H10FNO2/c1-5-3-6(9(12)13-2)8(10)7(11)4-5/h3-4H,11H2,1-2H3. The zero-order chi connectivity index (χ0) is 10.0. The maximum atomic E-state index is 13.2. The van der Waals surface area contributed by atoms with Gasteiger partial charge in [0, 0.05) is 0 Å². The molecular formula is C9H10FNO2. The van der Waals surface area contributed by atoms with Crippen molar-refractivity contribution >= 4 is 11.7 Å². The summed E-state index contributed by atoms with van der Waals surface area (Å²) < 4.78 is 17.6. The lowest BCUT2D eigenvalue weighted by molar-refractivity contribution is 0.0595. The van der Waals surface area contributed by atoms with E-state index in [1.165, 1.54) is 19.2 Å². The Kier molecular flexibility index (Phi) is 2.51. The number of carbonyl (C=O) groups excluding carboxylic acids is 1. The zero-order valence-corrected chi connectivity index (χ0v) is 7.43. The number of halogens is 1. The predicted molar refractivity (Wildman–Crippen MR) is 46.9 cm³/mol. The SMILES string of the molecule is COC(=O)c1cc(C)cc(N)c1F. The van der Waals surface area contributed by atoms with Gasteiger partial charge in [0.25, 0.3) is 0 Å². The molecule has 0 aliphatic carbocycles. The summed E-state index contributed by atoms with van der Waals surface area (Å²) in [7, 11) is 1.19. The van der Waals surface area contributed by atoms with Gasteiger partial charge in [-0.1, -0.05) is 0 Å². The van der Waals surface area contributed by atoms with Crippen LogP contribution in [0, 0.1) is 12.7 Å². The molecule has 2 N–H and O–H groups in total. The maximum absolute atomic E-state index is 13.2. The summed E-state index contributed by atoms with van der Waals surface area (Å²) in [4.78, 5) is 11.0. The Labute approximate surface area is 75.3 Å². The molecule has 70 valence electrons. The van der Waals surface area contributed by atoms with E-state index in [0.717, 1.165) is 5.56 Å². The number of benzene rings is 1. The number of nitrogen functional groups attached to an aromatic ring is 1. The van der Waals surface area contributed by atoms with Gasteiger partial charge in [-0.15, -0.1) is 0 Å². The second-order valence-corrected chi connectivity index (χ2v) is 2.71. The molecule has 0 heterocycles. The molecule has 0 saturated carbocycles. The Morgan fingerprint density at radius 3 is 2.69 bits per heavy atom. The van der Waals surface area contributed by atoms with Crippen molar-refractivity contribution in [3.63, 3.8) is 0 Å².